The van der Waals surface area contributed by atoms with Gasteiger partial charge in [0.2, 0.25) is 5.82 Å². The third-order valence-electron chi connectivity index (χ3n) is 2.65. The van der Waals surface area contributed by atoms with Crippen molar-refractivity contribution >= 4 is 11.6 Å². The normalized spacial score (nSPS) is 12.2. The fraction of sp³-hybridized carbons (Fsp3) is 0.462. The van der Waals surface area contributed by atoms with Gasteiger partial charge in [0, 0.05) is 18.2 Å². The number of amides is 1. The molecule has 0 saturated carbocycles. The number of halogens is 1. The molecule has 0 aliphatic carbocycles. The summed E-state index contributed by atoms with van der Waals surface area (Å²) in [4.78, 5) is 21.4. The van der Waals surface area contributed by atoms with E-state index in [-0.39, 0.29) is 18.0 Å². The van der Waals surface area contributed by atoms with Gasteiger partial charge in [-0.05, 0) is 24.5 Å². The molecule has 0 bridgehead atoms. The molecule has 0 radical (unpaired) electrons. The Balaban J connectivity index is 2.69. The first-order valence-electron chi connectivity index (χ1n) is 6.21. The molecule has 1 aromatic rings. The lowest BCUT2D eigenvalue weighted by Gasteiger charge is -2.13. The second kappa shape index (κ2) is 6.95. The summed E-state index contributed by atoms with van der Waals surface area (Å²) in [6, 6.07) is 2.91. The zero-order valence-corrected chi connectivity index (χ0v) is 11.3. The molecule has 1 amide bonds. The highest BCUT2D eigenvalue weighted by Gasteiger charge is 2.18. The van der Waals surface area contributed by atoms with Crippen LogP contribution < -0.4 is 5.32 Å². The molecule has 0 heterocycles. The largest absolute Gasteiger partial charge is 0.391 e. The summed E-state index contributed by atoms with van der Waals surface area (Å²) < 4.78 is 13.1. The zero-order chi connectivity index (χ0) is 15.3. The van der Waals surface area contributed by atoms with Crippen LogP contribution in [-0.4, -0.2) is 28.6 Å². The molecule has 0 fully saturated rings. The summed E-state index contributed by atoms with van der Waals surface area (Å²) in [5, 5.41) is 22.7. The van der Waals surface area contributed by atoms with Gasteiger partial charge in [-0.3, -0.25) is 14.9 Å². The highest BCUT2D eigenvalue weighted by molar-refractivity contribution is 5.94. The van der Waals surface area contributed by atoms with E-state index in [4.69, 9.17) is 0 Å². The second-order valence-electron chi connectivity index (χ2n) is 4.92. The smallest absolute Gasteiger partial charge is 0.305 e. The van der Waals surface area contributed by atoms with E-state index < -0.39 is 28.4 Å². The highest BCUT2D eigenvalue weighted by atomic mass is 19.1. The van der Waals surface area contributed by atoms with E-state index in [1.54, 1.807) is 0 Å². The van der Waals surface area contributed by atoms with Gasteiger partial charge in [-0.25, -0.2) is 0 Å². The van der Waals surface area contributed by atoms with Gasteiger partial charge >= 0.3 is 5.69 Å². The van der Waals surface area contributed by atoms with E-state index in [2.05, 4.69) is 5.32 Å². The van der Waals surface area contributed by atoms with Crippen LogP contribution in [0.25, 0.3) is 0 Å². The van der Waals surface area contributed by atoms with Crippen molar-refractivity contribution in [1.82, 2.24) is 5.32 Å². The van der Waals surface area contributed by atoms with Gasteiger partial charge in [-0.2, -0.15) is 4.39 Å². The van der Waals surface area contributed by atoms with Gasteiger partial charge in [0.15, 0.2) is 0 Å². The third kappa shape index (κ3) is 4.58. The number of hydrogen-bond acceptors (Lipinski definition) is 4. The minimum atomic E-state index is -0.994. The monoisotopic (exact) mass is 284 g/mol. The molecule has 1 unspecified atom stereocenters. The summed E-state index contributed by atoms with van der Waals surface area (Å²) in [5.74, 6) is -1.30. The molecular weight excluding hydrogens is 267 g/mol. The summed E-state index contributed by atoms with van der Waals surface area (Å²) in [5.41, 5.74) is -0.768. The molecule has 0 aliphatic rings. The van der Waals surface area contributed by atoms with Crippen molar-refractivity contribution in [2.75, 3.05) is 6.54 Å². The molecular formula is C13H17FN2O4. The van der Waals surface area contributed by atoms with E-state index >= 15 is 0 Å². The summed E-state index contributed by atoms with van der Waals surface area (Å²) in [6.07, 6.45) is -0.154. The molecule has 1 rings (SSSR count). The van der Waals surface area contributed by atoms with Crippen LogP contribution in [-0.2, 0) is 0 Å². The van der Waals surface area contributed by atoms with Crippen molar-refractivity contribution in [3.63, 3.8) is 0 Å². The average molecular weight is 284 g/mol. The maximum atomic E-state index is 13.1. The molecule has 0 spiro atoms. The first-order valence-corrected chi connectivity index (χ1v) is 6.21. The van der Waals surface area contributed by atoms with E-state index in [1.165, 1.54) is 0 Å². The Morgan fingerprint density at radius 3 is 2.70 bits per heavy atom. The van der Waals surface area contributed by atoms with Gasteiger partial charge in [0.1, 0.15) is 0 Å². The lowest BCUT2D eigenvalue weighted by molar-refractivity contribution is -0.387. The van der Waals surface area contributed by atoms with Crippen molar-refractivity contribution in [3.05, 3.63) is 39.7 Å². The lowest BCUT2D eigenvalue weighted by Crippen LogP contribution is -2.32. The van der Waals surface area contributed by atoms with Crippen LogP contribution in [0.3, 0.4) is 0 Å². The van der Waals surface area contributed by atoms with Crippen LogP contribution in [0, 0.1) is 21.8 Å². The Kier molecular flexibility index (Phi) is 5.57. The fourth-order valence-electron chi connectivity index (χ4n) is 1.73. The van der Waals surface area contributed by atoms with Crippen LogP contribution in [0.5, 0.6) is 0 Å². The van der Waals surface area contributed by atoms with Crippen molar-refractivity contribution in [2.45, 2.75) is 26.4 Å². The van der Waals surface area contributed by atoms with Gasteiger partial charge in [0.05, 0.1) is 11.0 Å². The molecule has 1 aromatic carbocycles. The molecule has 7 heteroatoms. The molecule has 110 valence electrons. The number of benzene rings is 1. The number of nitro groups is 1. The first kappa shape index (κ1) is 16.0. The predicted molar refractivity (Wildman–Crippen MR) is 70.8 cm³/mol. The van der Waals surface area contributed by atoms with E-state index in [0.29, 0.717) is 6.42 Å². The van der Waals surface area contributed by atoms with Crippen molar-refractivity contribution in [2.24, 2.45) is 5.92 Å². The van der Waals surface area contributed by atoms with Crippen molar-refractivity contribution in [1.29, 1.82) is 0 Å². The molecule has 0 saturated heterocycles. The number of rotatable bonds is 6. The maximum absolute atomic E-state index is 13.1. The standard InChI is InChI=1S/C13H17FN2O4/c1-8(2)5-10(17)7-15-13(18)9-3-4-11(14)12(6-9)16(19)20/h3-4,6,8,10,17H,5,7H2,1-2H3,(H,15,18). The second-order valence-corrected chi connectivity index (χ2v) is 4.92. The molecule has 0 aromatic heterocycles. The first-order chi connectivity index (χ1) is 9.31. The highest BCUT2D eigenvalue weighted by Crippen LogP contribution is 2.18. The van der Waals surface area contributed by atoms with E-state index in [1.807, 2.05) is 13.8 Å². The summed E-state index contributed by atoms with van der Waals surface area (Å²) in [7, 11) is 0. The van der Waals surface area contributed by atoms with Gasteiger partial charge in [-0.1, -0.05) is 13.8 Å². The Morgan fingerprint density at radius 2 is 2.15 bits per heavy atom. The average Bonchev–Trinajstić information content (AvgIpc) is 2.35. The van der Waals surface area contributed by atoms with Crippen LogP contribution in [0.4, 0.5) is 10.1 Å². The zero-order valence-electron chi connectivity index (χ0n) is 11.3. The number of aliphatic hydroxyl groups excluding tert-OH is 1. The summed E-state index contributed by atoms with van der Waals surface area (Å²) in [6.45, 7) is 3.92. The van der Waals surface area contributed by atoms with E-state index in [9.17, 15) is 24.4 Å². The number of carbonyl (C=O) groups is 1. The third-order valence-corrected chi connectivity index (χ3v) is 2.65. The van der Waals surface area contributed by atoms with Crippen LogP contribution in [0.15, 0.2) is 18.2 Å². The number of nitro benzene ring substituents is 1. The minimum absolute atomic E-state index is 0.0187. The SMILES string of the molecule is CC(C)CC(O)CNC(=O)c1ccc(F)c([N+](=O)[O-])c1. The molecule has 20 heavy (non-hydrogen) atoms. The Morgan fingerprint density at radius 1 is 1.50 bits per heavy atom. The fourth-order valence-corrected chi connectivity index (χ4v) is 1.73. The minimum Gasteiger partial charge on any atom is -0.391 e. The number of hydrogen-bond donors (Lipinski definition) is 2. The molecule has 0 aliphatic heterocycles. The molecule has 2 N–H and O–H groups in total. The van der Waals surface area contributed by atoms with Crippen LogP contribution in [0.2, 0.25) is 0 Å². The van der Waals surface area contributed by atoms with Crippen LogP contribution in [0.1, 0.15) is 30.6 Å². The number of aliphatic hydroxyl groups is 1. The Hall–Kier alpha value is -2.02. The topological polar surface area (TPSA) is 92.5 Å². The predicted octanol–water partition coefficient (Wildman–Crippen LogP) is 1.87. The number of nitrogens with zero attached hydrogens (tertiary/aromatic N) is 1. The van der Waals surface area contributed by atoms with Crippen LogP contribution >= 0.6 is 0 Å². The Bertz CT molecular complexity index is 505. The van der Waals surface area contributed by atoms with Crippen molar-refractivity contribution < 1.29 is 19.2 Å². The van der Waals surface area contributed by atoms with E-state index in [0.717, 1.165) is 18.2 Å². The number of nitrogens with one attached hydrogen (secondary N) is 1. The number of carbonyl (C=O) groups excluding carboxylic acids is 1. The quantitative estimate of drug-likeness (QED) is 0.616. The van der Waals surface area contributed by atoms with Crippen molar-refractivity contribution in [3.8, 4) is 0 Å². The van der Waals surface area contributed by atoms with Gasteiger partial charge in [0.25, 0.3) is 5.91 Å². The Labute approximate surface area is 115 Å². The van der Waals surface area contributed by atoms with Gasteiger partial charge < -0.3 is 10.4 Å². The van der Waals surface area contributed by atoms with Gasteiger partial charge in [-0.15, -0.1) is 0 Å². The molecule has 1 atom stereocenters. The molecule has 6 nitrogen and oxygen atoms in total. The maximum Gasteiger partial charge on any atom is 0.305 e. The summed E-state index contributed by atoms with van der Waals surface area (Å²) >= 11 is 0. The lowest BCUT2D eigenvalue weighted by atomic mass is 10.1.